The summed E-state index contributed by atoms with van der Waals surface area (Å²) in [6, 6.07) is 0. The van der Waals surface area contributed by atoms with Crippen molar-refractivity contribution in [3.8, 4) is 0 Å². The van der Waals surface area contributed by atoms with Gasteiger partial charge in [-0.2, -0.15) is 0 Å². The lowest BCUT2D eigenvalue weighted by Gasteiger charge is -2.26. The smallest absolute Gasteiger partial charge is 0.410 e. The van der Waals surface area contributed by atoms with Crippen LogP contribution in [0.2, 0.25) is 0 Å². The van der Waals surface area contributed by atoms with Crippen molar-refractivity contribution in [2.24, 2.45) is 5.73 Å². The molecule has 16 heavy (non-hydrogen) atoms. The van der Waals surface area contributed by atoms with Gasteiger partial charge in [0.2, 0.25) is 5.91 Å². The zero-order valence-electron chi connectivity index (χ0n) is 9.52. The highest BCUT2D eigenvalue weighted by Crippen LogP contribution is 2.10. The monoisotopic (exact) mass is 226 g/mol. The van der Waals surface area contributed by atoms with Crippen molar-refractivity contribution in [3.05, 3.63) is 12.2 Å². The molecule has 1 aliphatic heterocycles. The standard InChI is InChI=1S/C11H18N2O3/c1-9(5-6-10(12)14)16-11(15)13-7-3-2-4-8-13/h5-6,9H,2-4,7-8H2,1H3,(H2,12,14)/b6-5-/t9-/m0/s1. The number of carbonyl (C=O) groups is 2. The molecule has 5 nitrogen and oxygen atoms in total. The largest absolute Gasteiger partial charge is 0.442 e. The zero-order valence-corrected chi connectivity index (χ0v) is 9.52. The fraction of sp³-hybridized carbons (Fsp3) is 0.636. The Labute approximate surface area is 95.2 Å². The van der Waals surface area contributed by atoms with Gasteiger partial charge in [0.05, 0.1) is 0 Å². The molecule has 1 saturated heterocycles. The van der Waals surface area contributed by atoms with E-state index in [1.807, 2.05) is 0 Å². The number of hydrogen-bond donors (Lipinski definition) is 1. The molecule has 0 spiro atoms. The van der Waals surface area contributed by atoms with Crippen LogP contribution in [0.5, 0.6) is 0 Å². The SMILES string of the molecule is C[C@@H](/C=C\C(N)=O)OC(=O)N1CCCCC1. The van der Waals surface area contributed by atoms with Crippen LogP contribution in [0.3, 0.4) is 0 Å². The summed E-state index contributed by atoms with van der Waals surface area (Å²) in [5.41, 5.74) is 4.94. The van der Waals surface area contributed by atoms with Crippen molar-refractivity contribution in [3.63, 3.8) is 0 Å². The van der Waals surface area contributed by atoms with Crippen molar-refractivity contribution >= 4 is 12.0 Å². The molecule has 90 valence electrons. The highest BCUT2D eigenvalue weighted by Gasteiger charge is 2.18. The molecule has 0 aliphatic carbocycles. The summed E-state index contributed by atoms with van der Waals surface area (Å²) in [7, 11) is 0. The fourth-order valence-electron chi connectivity index (χ4n) is 1.58. The highest BCUT2D eigenvalue weighted by atomic mass is 16.6. The summed E-state index contributed by atoms with van der Waals surface area (Å²) >= 11 is 0. The zero-order chi connectivity index (χ0) is 12.0. The van der Waals surface area contributed by atoms with Crippen LogP contribution in [-0.2, 0) is 9.53 Å². The van der Waals surface area contributed by atoms with Crippen LogP contribution in [0.15, 0.2) is 12.2 Å². The Hall–Kier alpha value is -1.52. The van der Waals surface area contributed by atoms with Gasteiger partial charge in [-0.3, -0.25) is 4.79 Å². The molecule has 1 fully saturated rings. The Morgan fingerprint density at radius 3 is 2.50 bits per heavy atom. The molecule has 0 aromatic carbocycles. The molecule has 0 radical (unpaired) electrons. The van der Waals surface area contributed by atoms with E-state index in [4.69, 9.17) is 10.5 Å². The summed E-state index contributed by atoms with van der Waals surface area (Å²) in [6.45, 7) is 3.21. The second kappa shape index (κ2) is 6.15. The third-order valence-electron chi connectivity index (χ3n) is 2.43. The van der Waals surface area contributed by atoms with Crippen LogP contribution in [0.4, 0.5) is 4.79 Å². The first-order valence-electron chi connectivity index (χ1n) is 5.53. The van der Waals surface area contributed by atoms with Crippen molar-refractivity contribution in [1.29, 1.82) is 0 Å². The molecule has 0 unspecified atom stereocenters. The second-order valence-electron chi connectivity index (χ2n) is 3.90. The Morgan fingerprint density at radius 1 is 1.31 bits per heavy atom. The minimum absolute atomic E-state index is 0.318. The average molecular weight is 226 g/mol. The molecule has 5 heteroatoms. The molecule has 0 bridgehead atoms. The molecule has 2 N–H and O–H groups in total. The van der Waals surface area contributed by atoms with E-state index < -0.39 is 12.0 Å². The van der Waals surface area contributed by atoms with Crippen molar-refractivity contribution in [2.45, 2.75) is 32.3 Å². The van der Waals surface area contributed by atoms with Crippen molar-refractivity contribution in [2.75, 3.05) is 13.1 Å². The van der Waals surface area contributed by atoms with Crippen LogP contribution in [0.25, 0.3) is 0 Å². The minimum atomic E-state index is -0.541. The van der Waals surface area contributed by atoms with Crippen LogP contribution in [-0.4, -0.2) is 36.1 Å². The second-order valence-corrected chi connectivity index (χ2v) is 3.90. The van der Waals surface area contributed by atoms with E-state index in [9.17, 15) is 9.59 Å². The van der Waals surface area contributed by atoms with Gasteiger partial charge in [-0.05, 0) is 32.3 Å². The van der Waals surface area contributed by atoms with Gasteiger partial charge in [0.15, 0.2) is 0 Å². The lowest BCUT2D eigenvalue weighted by atomic mass is 10.1. The summed E-state index contributed by atoms with van der Waals surface area (Å²) in [4.78, 5) is 23.8. The molecular weight excluding hydrogens is 208 g/mol. The summed E-state index contributed by atoms with van der Waals surface area (Å²) < 4.78 is 5.13. The lowest BCUT2D eigenvalue weighted by molar-refractivity contribution is -0.113. The normalized spacial score (nSPS) is 18.4. The van der Waals surface area contributed by atoms with Gasteiger partial charge >= 0.3 is 6.09 Å². The first kappa shape index (κ1) is 12.5. The first-order chi connectivity index (χ1) is 7.59. The number of piperidine rings is 1. The Balaban J connectivity index is 2.34. The fourth-order valence-corrected chi connectivity index (χ4v) is 1.58. The number of likely N-dealkylation sites (tertiary alicyclic amines) is 1. The molecule has 1 heterocycles. The molecule has 1 rings (SSSR count). The minimum Gasteiger partial charge on any atom is -0.442 e. The summed E-state index contributed by atoms with van der Waals surface area (Å²) in [5.74, 6) is -0.541. The number of primary amides is 1. The van der Waals surface area contributed by atoms with E-state index in [0.717, 1.165) is 25.9 Å². The van der Waals surface area contributed by atoms with E-state index in [0.29, 0.717) is 0 Å². The van der Waals surface area contributed by atoms with Gasteiger partial charge < -0.3 is 15.4 Å². The highest BCUT2D eigenvalue weighted by molar-refractivity contribution is 5.85. The first-order valence-corrected chi connectivity index (χ1v) is 5.53. The molecule has 1 atom stereocenters. The molecule has 0 saturated carbocycles. The predicted octanol–water partition coefficient (Wildman–Crippen LogP) is 1.04. The van der Waals surface area contributed by atoms with Crippen LogP contribution in [0, 0.1) is 0 Å². The average Bonchev–Trinajstić information content (AvgIpc) is 2.27. The molecule has 2 amide bonds. The maximum absolute atomic E-state index is 11.6. The quantitative estimate of drug-likeness (QED) is 0.731. The number of nitrogens with zero attached hydrogens (tertiary/aromatic N) is 1. The summed E-state index contributed by atoms with van der Waals surface area (Å²) in [5, 5.41) is 0. The Kier molecular flexibility index (Phi) is 4.82. The third kappa shape index (κ3) is 4.33. The van der Waals surface area contributed by atoms with E-state index in [1.54, 1.807) is 11.8 Å². The number of hydrogen-bond acceptors (Lipinski definition) is 3. The van der Waals surface area contributed by atoms with Gasteiger partial charge in [0.25, 0.3) is 0 Å². The third-order valence-corrected chi connectivity index (χ3v) is 2.43. The van der Waals surface area contributed by atoms with E-state index in [-0.39, 0.29) is 6.09 Å². The van der Waals surface area contributed by atoms with Gasteiger partial charge in [-0.15, -0.1) is 0 Å². The molecular formula is C11H18N2O3. The number of amides is 2. The molecule has 1 aliphatic rings. The van der Waals surface area contributed by atoms with Crippen LogP contribution in [0.1, 0.15) is 26.2 Å². The lowest BCUT2D eigenvalue weighted by Crippen LogP contribution is -2.37. The van der Waals surface area contributed by atoms with Gasteiger partial charge in [0.1, 0.15) is 6.10 Å². The van der Waals surface area contributed by atoms with E-state index >= 15 is 0 Å². The Morgan fingerprint density at radius 2 is 1.94 bits per heavy atom. The Bertz CT molecular complexity index is 283. The number of nitrogens with two attached hydrogens (primary N) is 1. The van der Waals surface area contributed by atoms with Crippen LogP contribution < -0.4 is 5.73 Å². The van der Waals surface area contributed by atoms with Gasteiger partial charge in [0, 0.05) is 19.2 Å². The molecule has 0 aromatic rings. The van der Waals surface area contributed by atoms with Crippen molar-refractivity contribution in [1.82, 2.24) is 4.90 Å². The van der Waals surface area contributed by atoms with Crippen molar-refractivity contribution < 1.29 is 14.3 Å². The van der Waals surface area contributed by atoms with E-state index in [2.05, 4.69) is 0 Å². The number of carbonyl (C=O) groups excluding carboxylic acids is 2. The maximum Gasteiger partial charge on any atom is 0.410 e. The topological polar surface area (TPSA) is 72.6 Å². The number of ether oxygens (including phenoxy) is 1. The van der Waals surface area contributed by atoms with Gasteiger partial charge in [-0.1, -0.05) is 0 Å². The van der Waals surface area contributed by atoms with Gasteiger partial charge in [-0.25, -0.2) is 4.79 Å². The summed E-state index contributed by atoms with van der Waals surface area (Å²) in [6.07, 6.45) is 5.16. The predicted molar refractivity (Wildman–Crippen MR) is 59.7 cm³/mol. The van der Waals surface area contributed by atoms with Crippen LogP contribution >= 0.6 is 0 Å². The maximum atomic E-state index is 11.6. The van der Waals surface area contributed by atoms with E-state index in [1.165, 1.54) is 18.6 Å². The number of rotatable bonds is 3. The molecule has 0 aromatic heterocycles.